The number of carbonyl (C=O) groups excluding carboxylic acids is 1. The highest BCUT2D eigenvalue weighted by molar-refractivity contribution is 8.00. The Morgan fingerprint density at radius 2 is 2.21 bits per heavy atom. The molecule has 19 heavy (non-hydrogen) atoms. The summed E-state index contributed by atoms with van der Waals surface area (Å²) in [4.78, 5) is 12.5. The molecule has 1 aromatic carbocycles. The average molecular weight is 285 g/mol. The van der Waals surface area contributed by atoms with Crippen LogP contribution in [0.25, 0.3) is 0 Å². The lowest BCUT2D eigenvalue weighted by Crippen LogP contribution is -2.43. The minimum atomic E-state index is -0.934. The molecule has 1 saturated heterocycles. The zero-order valence-corrected chi connectivity index (χ0v) is 11.2. The Hall–Kier alpha value is -1.11. The minimum absolute atomic E-state index is 0.158. The molecule has 0 spiro atoms. The summed E-state index contributed by atoms with van der Waals surface area (Å²) in [6, 6.07) is 5.98. The van der Waals surface area contributed by atoms with Gasteiger partial charge in [0.1, 0.15) is 11.4 Å². The van der Waals surface area contributed by atoms with E-state index in [1.807, 2.05) is 0 Å². The monoisotopic (exact) mass is 285 g/mol. The molecular weight excluding hydrogens is 269 g/mol. The molecule has 1 fully saturated rings. The molecule has 1 atom stereocenters. The summed E-state index contributed by atoms with van der Waals surface area (Å²) in [5.41, 5.74) is -0.934. The smallest absolute Gasteiger partial charge is 0.230 e. The number of hydrogen-bond acceptors (Lipinski definition) is 4. The first-order chi connectivity index (χ1) is 9.07. The highest BCUT2D eigenvalue weighted by atomic mass is 32.2. The van der Waals surface area contributed by atoms with Gasteiger partial charge in [-0.05, 0) is 24.3 Å². The van der Waals surface area contributed by atoms with Gasteiger partial charge >= 0.3 is 0 Å². The molecular formula is C13H16FNO3S. The van der Waals surface area contributed by atoms with Gasteiger partial charge in [-0.1, -0.05) is 0 Å². The molecule has 6 heteroatoms. The van der Waals surface area contributed by atoms with Crippen LogP contribution in [0.5, 0.6) is 0 Å². The lowest BCUT2D eigenvalue weighted by Gasteiger charge is -2.20. The molecule has 1 aliphatic heterocycles. The molecule has 4 nitrogen and oxygen atoms in total. The number of aliphatic hydroxyl groups is 1. The number of nitrogens with one attached hydrogen (secondary N) is 1. The molecule has 1 unspecified atom stereocenters. The maximum atomic E-state index is 12.7. The highest BCUT2D eigenvalue weighted by Crippen LogP contribution is 2.19. The van der Waals surface area contributed by atoms with E-state index in [-0.39, 0.29) is 30.6 Å². The molecule has 104 valence electrons. The van der Waals surface area contributed by atoms with Gasteiger partial charge in [0.2, 0.25) is 5.91 Å². The predicted octanol–water partition coefficient (Wildman–Crippen LogP) is 1.19. The van der Waals surface area contributed by atoms with Gasteiger partial charge in [0.05, 0.1) is 12.4 Å². The van der Waals surface area contributed by atoms with Gasteiger partial charge in [-0.2, -0.15) is 0 Å². The topological polar surface area (TPSA) is 58.6 Å². The average Bonchev–Trinajstić information content (AvgIpc) is 2.83. The third kappa shape index (κ3) is 4.49. The Balaban J connectivity index is 1.71. The van der Waals surface area contributed by atoms with E-state index >= 15 is 0 Å². The van der Waals surface area contributed by atoms with Crippen molar-refractivity contribution in [3.05, 3.63) is 30.1 Å². The first-order valence-corrected chi connectivity index (χ1v) is 7.01. The second-order valence-electron chi connectivity index (χ2n) is 4.55. The quantitative estimate of drug-likeness (QED) is 0.798. The van der Waals surface area contributed by atoms with Crippen LogP contribution in [-0.2, 0) is 9.53 Å². The molecule has 1 aromatic rings. The molecule has 0 saturated carbocycles. The molecule has 1 heterocycles. The second-order valence-corrected chi connectivity index (χ2v) is 5.60. The van der Waals surface area contributed by atoms with E-state index in [9.17, 15) is 14.3 Å². The number of carbonyl (C=O) groups is 1. The Morgan fingerprint density at radius 1 is 1.47 bits per heavy atom. The van der Waals surface area contributed by atoms with Gasteiger partial charge in [-0.3, -0.25) is 4.79 Å². The van der Waals surface area contributed by atoms with E-state index < -0.39 is 5.60 Å². The summed E-state index contributed by atoms with van der Waals surface area (Å²) in [5, 5.41) is 12.7. The number of benzene rings is 1. The van der Waals surface area contributed by atoms with Gasteiger partial charge in [0.15, 0.2) is 0 Å². The lowest BCUT2D eigenvalue weighted by atomic mass is 10.0. The van der Waals surface area contributed by atoms with E-state index in [1.165, 1.54) is 23.9 Å². The molecule has 2 rings (SSSR count). The van der Waals surface area contributed by atoms with E-state index in [0.29, 0.717) is 13.0 Å². The van der Waals surface area contributed by atoms with Gasteiger partial charge < -0.3 is 15.2 Å². The van der Waals surface area contributed by atoms with Crippen molar-refractivity contribution in [2.24, 2.45) is 0 Å². The number of ether oxygens (including phenoxy) is 1. The van der Waals surface area contributed by atoms with Crippen molar-refractivity contribution in [1.82, 2.24) is 5.32 Å². The number of hydrogen-bond donors (Lipinski definition) is 2. The van der Waals surface area contributed by atoms with E-state index in [1.54, 1.807) is 12.1 Å². The van der Waals surface area contributed by atoms with Gasteiger partial charge in [-0.15, -0.1) is 11.8 Å². The Labute approximate surface area is 115 Å². The van der Waals surface area contributed by atoms with Gasteiger partial charge in [0.25, 0.3) is 0 Å². The Bertz CT molecular complexity index is 432. The maximum Gasteiger partial charge on any atom is 0.230 e. The molecule has 0 bridgehead atoms. The van der Waals surface area contributed by atoms with Crippen LogP contribution < -0.4 is 5.32 Å². The maximum absolute atomic E-state index is 12.7. The number of amides is 1. The van der Waals surface area contributed by atoms with Crippen molar-refractivity contribution in [3.8, 4) is 0 Å². The normalized spacial score (nSPS) is 22.4. The van der Waals surface area contributed by atoms with E-state index in [2.05, 4.69) is 5.32 Å². The fourth-order valence-electron chi connectivity index (χ4n) is 1.73. The highest BCUT2D eigenvalue weighted by Gasteiger charge is 2.32. The van der Waals surface area contributed by atoms with Crippen LogP contribution in [0.3, 0.4) is 0 Å². The van der Waals surface area contributed by atoms with Crippen molar-refractivity contribution in [2.45, 2.75) is 16.9 Å². The van der Waals surface area contributed by atoms with Crippen LogP contribution in [0.1, 0.15) is 6.42 Å². The Kier molecular flexibility index (Phi) is 4.79. The largest absolute Gasteiger partial charge is 0.386 e. The number of halogens is 1. The SMILES string of the molecule is O=C(CSc1ccc(F)cc1)NCC1(O)CCOC1. The molecule has 2 N–H and O–H groups in total. The van der Waals surface area contributed by atoms with Crippen molar-refractivity contribution >= 4 is 17.7 Å². The van der Waals surface area contributed by atoms with Crippen LogP contribution in [0.4, 0.5) is 4.39 Å². The predicted molar refractivity (Wildman–Crippen MR) is 70.5 cm³/mol. The summed E-state index contributed by atoms with van der Waals surface area (Å²) in [5.74, 6) is -0.213. The third-order valence-electron chi connectivity index (χ3n) is 2.88. The van der Waals surface area contributed by atoms with E-state index in [4.69, 9.17) is 4.74 Å². The number of thioether (sulfide) groups is 1. The fraction of sp³-hybridized carbons (Fsp3) is 0.462. The molecule has 1 amide bonds. The van der Waals surface area contributed by atoms with Crippen LogP contribution >= 0.6 is 11.8 Å². The number of rotatable bonds is 5. The molecule has 0 radical (unpaired) electrons. The molecule has 1 aliphatic rings. The van der Waals surface area contributed by atoms with Crippen LogP contribution in [0, 0.1) is 5.82 Å². The molecule has 0 aromatic heterocycles. The zero-order chi connectivity index (χ0) is 13.7. The van der Waals surface area contributed by atoms with Crippen molar-refractivity contribution in [2.75, 3.05) is 25.5 Å². The van der Waals surface area contributed by atoms with Gasteiger partial charge in [-0.25, -0.2) is 4.39 Å². The lowest BCUT2D eigenvalue weighted by molar-refractivity contribution is -0.119. The first-order valence-electron chi connectivity index (χ1n) is 6.03. The standard InChI is InChI=1S/C13H16FNO3S/c14-10-1-3-11(4-2-10)19-7-12(16)15-8-13(17)5-6-18-9-13/h1-4,17H,5-9H2,(H,15,16). The first kappa shape index (κ1) is 14.3. The summed E-state index contributed by atoms with van der Waals surface area (Å²) in [7, 11) is 0. The van der Waals surface area contributed by atoms with Crippen molar-refractivity contribution < 1.29 is 19.0 Å². The summed E-state index contributed by atoms with van der Waals surface area (Å²) in [6.45, 7) is 0.991. The summed E-state index contributed by atoms with van der Waals surface area (Å²) < 4.78 is 17.8. The second kappa shape index (κ2) is 6.36. The molecule has 0 aliphatic carbocycles. The van der Waals surface area contributed by atoms with Crippen LogP contribution in [-0.4, -0.2) is 42.1 Å². The third-order valence-corrected chi connectivity index (χ3v) is 3.89. The summed E-state index contributed by atoms with van der Waals surface area (Å²) >= 11 is 1.33. The fourth-order valence-corrected chi connectivity index (χ4v) is 2.46. The van der Waals surface area contributed by atoms with E-state index in [0.717, 1.165) is 4.90 Å². The van der Waals surface area contributed by atoms with Crippen LogP contribution in [0.2, 0.25) is 0 Å². The van der Waals surface area contributed by atoms with Crippen molar-refractivity contribution in [1.29, 1.82) is 0 Å². The van der Waals surface area contributed by atoms with Gasteiger partial charge in [0, 0.05) is 24.5 Å². The minimum Gasteiger partial charge on any atom is -0.386 e. The van der Waals surface area contributed by atoms with Crippen molar-refractivity contribution in [3.63, 3.8) is 0 Å². The van der Waals surface area contributed by atoms with Crippen LogP contribution in [0.15, 0.2) is 29.2 Å². The zero-order valence-electron chi connectivity index (χ0n) is 10.4. The Morgan fingerprint density at radius 3 is 2.84 bits per heavy atom. The summed E-state index contributed by atoms with van der Waals surface area (Å²) in [6.07, 6.45) is 0.540.